The molecule has 0 unspecified atom stereocenters. The number of nitrogens with zero attached hydrogens (tertiary/aromatic N) is 2. The molecule has 1 amide bonds. The number of carbonyl (C=O) groups is 1. The maximum atomic E-state index is 13.1. The van der Waals surface area contributed by atoms with Gasteiger partial charge < -0.3 is 20.1 Å². The smallest absolute Gasteiger partial charge is 0.248 e. The summed E-state index contributed by atoms with van der Waals surface area (Å²) in [5.41, 5.74) is 0.308. The summed E-state index contributed by atoms with van der Waals surface area (Å²) in [4.78, 5) is 13.1. The fraction of sp³-hybridized carbons (Fsp3) is 0.474. The molecule has 2 aromatic rings. The van der Waals surface area contributed by atoms with E-state index in [1.807, 2.05) is 36.5 Å². The highest BCUT2D eigenvalue weighted by Gasteiger charge is 2.41. The molecular formula is C19H27ClN4O3. The van der Waals surface area contributed by atoms with Gasteiger partial charge >= 0.3 is 0 Å². The Labute approximate surface area is 165 Å². The topological polar surface area (TPSA) is 77.4 Å². The number of nitrogens with one attached hydrogen (secondary N) is 2. The molecule has 7 nitrogen and oxygen atoms in total. The average Bonchev–Trinajstić information content (AvgIpc) is 3.23. The van der Waals surface area contributed by atoms with Crippen LogP contribution in [-0.4, -0.2) is 49.1 Å². The first-order valence-electron chi connectivity index (χ1n) is 8.95. The van der Waals surface area contributed by atoms with Gasteiger partial charge in [-0.3, -0.25) is 9.48 Å². The van der Waals surface area contributed by atoms with E-state index in [0.29, 0.717) is 32.6 Å². The van der Waals surface area contributed by atoms with Gasteiger partial charge in [0.1, 0.15) is 17.9 Å². The predicted molar refractivity (Wildman–Crippen MR) is 105 cm³/mol. The number of piperidine rings is 1. The number of methoxy groups -OCH3 is 1. The van der Waals surface area contributed by atoms with Crippen LogP contribution in [0.1, 0.15) is 18.4 Å². The minimum Gasteiger partial charge on any atom is -0.491 e. The van der Waals surface area contributed by atoms with Crippen molar-refractivity contribution in [1.82, 2.24) is 20.4 Å². The Kier molecular flexibility index (Phi) is 8.09. The summed E-state index contributed by atoms with van der Waals surface area (Å²) in [6.07, 6.45) is 5.02. The van der Waals surface area contributed by atoms with Crippen molar-refractivity contribution in [3.63, 3.8) is 0 Å². The zero-order chi connectivity index (χ0) is 18.2. The maximum Gasteiger partial charge on any atom is 0.248 e. The van der Waals surface area contributed by atoms with Crippen molar-refractivity contribution in [1.29, 1.82) is 0 Å². The molecule has 27 heavy (non-hydrogen) atoms. The molecule has 0 bridgehead atoms. The van der Waals surface area contributed by atoms with Gasteiger partial charge in [0.05, 0.1) is 6.61 Å². The van der Waals surface area contributed by atoms with Crippen LogP contribution in [0.5, 0.6) is 5.75 Å². The Hall–Kier alpha value is -2.09. The van der Waals surface area contributed by atoms with Crippen molar-refractivity contribution in [2.75, 3.05) is 33.4 Å². The molecule has 0 aliphatic carbocycles. The number of hydrogen-bond donors (Lipinski definition) is 2. The lowest BCUT2D eigenvalue weighted by molar-refractivity contribution is -0.132. The SMILES string of the molecule is COCCOc1ccccc1CNC(=O)C1(n2cccn2)CCNCC1.Cl. The van der Waals surface area contributed by atoms with Crippen molar-refractivity contribution < 1.29 is 14.3 Å². The van der Waals surface area contributed by atoms with Crippen molar-refractivity contribution in [2.45, 2.75) is 24.9 Å². The van der Waals surface area contributed by atoms with Gasteiger partial charge in [-0.2, -0.15) is 5.10 Å². The van der Waals surface area contributed by atoms with E-state index in [4.69, 9.17) is 9.47 Å². The first-order valence-corrected chi connectivity index (χ1v) is 8.95. The molecule has 8 heteroatoms. The molecule has 3 rings (SSSR count). The third kappa shape index (κ3) is 5.00. The Bertz CT molecular complexity index is 703. The van der Waals surface area contributed by atoms with E-state index >= 15 is 0 Å². The summed E-state index contributed by atoms with van der Waals surface area (Å²) < 4.78 is 12.6. The lowest BCUT2D eigenvalue weighted by Crippen LogP contribution is -2.54. The van der Waals surface area contributed by atoms with Crippen LogP contribution in [0.3, 0.4) is 0 Å². The van der Waals surface area contributed by atoms with E-state index < -0.39 is 5.54 Å². The summed E-state index contributed by atoms with van der Waals surface area (Å²) >= 11 is 0. The highest BCUT2D eigenvalue weighted by molar-refractivity contribution is 5.85. The van der Waals surface area contributed by atoms with Crippen molar-refractivity contribution >= 4 is 18.3 Å². The summed E-state index contributed by atoms with van der Waals surface area (Å²) in [5, 5.41) is 10.7. The number of amides is 1. The number of rotatable bonds is 8. The minimum atomic E-state index is -0.638. The molecule has 1 fully saturated rings. The van der Waals surface area contributed by atoms with Gasteiger partial charge in [-0.1, -0.05) is 18.2 Å². The molecule has 0 atom stereocenters. The van der Waals surface area contributed by atoms with Gasteiger partial charge in [0.15, 0.2) is 0 Å². The quantitative estimate of drug-likeness (QED) is 0.667. The molecule has 148 valence electrons. The molecule has 0 saturated carbocycles. The first kappa shape index (κ1) is 21.2. The van der Waals surface area contributed by atoms with E-state index in [-0.39, 0.29) is 18.3 Å². The second kappa shape index (κ2) is 10.3. The third-order valence-corrected chi connectivity index (χ3v) is 4.75. The zero-order valence-electron chi connectivity index (χ0n) is 15.5. The van der Waals surface area contributed by atoms with Gasteiger partial charge in [-0.25, -0.2) is 0 Å². The van der Waals surface area contributed by atoms with Gasteiger partial charge in [0, 0.05) is 31.6 Å². The van der Waals surface area contributed by atoms with Crippen LogP contribution < -0.4 is 15.4 Å². The van der Waals surface area contributed by atoms with Crippen molar-refractivity contribution in [3.05, 3.63) is 48.3 Å². The number of para-hydroxylation sites is 1. The summed E-state index contributed by atoms with van der Waals surface area (Å²) in [5.74, 6) is 0.762. The molecule has 2 N–H and O–H groups in total. The molecule has 1 aromatic heterocycles. The van der Waals surface area contributed by atoms with Gasteiger partial charge in [-0.15, -0.1) is 12.4 Å². The molecule has 2 heterocycles. The fourth-order valence-electron chi connectivity index (χ4n) is 3.29. The van der Waals surface area contributed by atoms with Crippen molar-refractivity contribution in [2.24, 2.45) is 0 Å². The summed E-state index contributed by atoms with van der Waals surface area (Å²) in [6, 6.07) is 9.59. The minimum absolute atomic E-state index is 0. The Morgan fingerprint density at radius 2 is 2.04 bits per heavy atom. The lowest BCUT2D eigenvalue weighted by atomic mass is 9.87. The van der Waals surface area contributed by atoms with Crippen LogP contribution in [0, 0.1) is 0 Å². The maximum absolute atomic E-state index is 13.1. The Morgan fingerprint density at radius 1 is 1.26 bits per heavy atom. The summed E-state index contributed by atoms with van der Waals surface area (Å²) in [6.45, 7) is 3.01. The second-order valence-corrected chi connectivity index (χ2v) is 6.36. The molecule has 1 aliphatic rings. The molecule has 1 aliphatic heterocycles. The van der Waals surface area contributed by atoms with Crippen LogP contribution in [-0.2, 0) is 21.6 Å². The highest BCUT2D eigenvalue weighted by Crippen LogP contribution is 2.27. The van der Waals surface area contributed by atoms with Crippen LogP contribution in [0.15, 0.2) is 42.7 Å². The van der Waals surface area contributed by atoms with Gasteiger partial charge in [0.25, 0.3) is 0 Å². The molecular weight excluding hydrogens is 368 g/mol. The second-order valence-electron chi connectivity index (χ2n) is 6.36. The normalized spacial score (nSPS) is 15.6. The fourth-order valence-corrected chi connectivity index (χ4v) is 3.29. The summed E-state index contributed by atoms with van der Waals surface area (Å²) in [7, 11) is 1.64. The Morgan fingerprint density at radius 3 is 2.74 bits per heavy atom. The molecule has 0 spiro atoms. The van der Waals surface area contributed by atoms with Gasteiger partial charge in [0.2, 0.25) is 5.91 Å². The van der Waals surface area contributed by atoms with Crippen LogP contribution in [0.25, 0.3) is 0 Å². The number of aromatic nitrogens is 2. The molecule has 1 aromatic carbocycles. The first-order chi connectivity index (χ1) is 12.8. The van der Waals surface area contributed by atoms with Crippen LogP contribution >= 0.6 is 12.4 Å². The largest absolute Gasteiger partial charge is 0.491 e. The lowest BCUT2D eigenvalue weighted by Gasteiger charge is -2.36. The predicted octanol–water partition coefficient (Wildman–Crippen LogP) is 1.73. The third-order valence-electron chi connectivity index (χ3n) is 4.75. The number of ether oxygens (including phenoxy) is 2. The highest BCUT2D eigenvalue weighted by atomic mass is 35.5. The van der Waals surface area contributed by atoms with Crippen LogP contribution in [0.2, 0.25) is 0 Å². The monoisotopic (exact) mass is 394 g/mol. The number of benzene rings is 1. The van der Waals surface area contributed by atoms with E-state index in [1.54, 1.807) is 18.0 Å². The number of hydrogen-bond acceptors (Lipinski definition) is 5. The number of halogens is 1. The van der Waals surface area contributed by atoms with E-state index in [2.05, 4.69) is 15.7 Å². The van der Waals surface area contributed by atoms with Crippen molar-refractivity contribution in [3.8, 4) is 5.75 Å². The molecule has 0 radical (unpaired) electrons. The van der Waals surface area contributed by atoms with E-state index in [0.717, 1.165) is 24.4 Å². The van der Waals surface area contributed by atoms with Gasteiger partial charge in [-0.05, 0) is 38.1 Å². The van der Waals surface area contributed by atoms with E-state index in [1.165, 1.54) is 0 Å². The molecule has 1 saturated heterocycles. The standard InChI is InChI=1S/C19H26N4O3.ClH/c1-25-13-14-26-17-6-3-2-5-16(17)15-21-18(24)19(7-10-20-11-8-19)23-12-4-9-22-23;/h2-6,9,12,20H,7-8,10-11,13-15H2,1H3,(H,21,24);1H. The van der Waals surface area contributed by atoms with E-state index in [9.17, 15) is 4.79 Å². The Balaban J connectivity index is 0.00000261. The van der Waals surface area contributed by atoms with Crippen LogP contribution in [0.4, 0.5) is 0 Å². The number of carbonyl (C=O) groups excluding carboxylic acids is 1. The average molecular weight is 395 g/mol. The zero-order valence-corrected chi connectivity index (χ0v) is 16.3.